The van der Waals surface area contributed by atoms with Gasteiger partial charge in [-0.1, -0.05) is 34.1 Å². The van der Waals surface area contributed by atoms with Gasteiger partial charge in [-0.3, -0.25) is 4.79 Å². The molecule has 0 bridgehead atoms. The van der Waals surface area contributed by atoms with Gasteiger partial charge in [0.25, 0.3) is 0 Å². The number of amides is 1. The van der Waals surface area contributed by atoms with Gasteiger partial charge in [0.2, 0.25) is 5.91 Å². The number of rotatable bonds is 4. The van der Waals surface area contributed by atoms with E-state index in [0.29, 0.717) is 12.6 Å². The van der Waals surface area contributed by atoms with Gasteiger partial charge in [0.15, 0.2) is 0 Å². The van der Waals surface area contributed by atoms with Crippen molar-refractivity contribution in [3.05, 3.63) is 29.8 Å². The van der Waals surface area contributed by atoms with Gasteiger partial charge in [-0.05, 0) is 18.9 Å². The third-order valence-electron chi connectivity index (χ3n) is 3.59. The molecule has 1 aromatic carbocycles. The van der Waals surface area contributed by atoms with Gasteiger partial charge < -0.3 is 9.64 Å². The van der Waals surface area contributed by atoms with Crippen LogP contribution in [0.1, 0.15) is 24.3 Å². The van der Waals surface area contributed by atoms with E-state index in [1.807, 2.05) is 29.2 Å². The molecule has 0 radical (unpaired) electrons. The molecule has 1 unspecified atom stereocenters. The van der Waals surface area contributed by atoms with Crippen LogP contribution in [-0.2, 0) is 4.79 Å². The molecule has 18 heavy (non-hydrogen) atoms. The molecule has 1 fully saturated rings. The Hall–Kier alpha value is -1.03. The predicted octanol–water partition coefficient (Wildman–Crippen LogP) is 2.55. The Balaban J connectivity index is 1.80. The topological polar surface area (TPSA) is 29.5 Å². The number of hydrogen-bond acceptors (Lipinski definition) is 2. The van der Waals surface area contributed by atoms with Crippen molar-refractivity contribution >= 4 is 21.8 Å². The molecule has 1 aromatic rings. The highest BCUT2D eigenvalue weighted by atomic mass is 79.9. The summed E-state index contributed by atoms with van der Waals surface area (Å²) >= 11 is 3.43. The van der Waals surface area contributed by atoms with E-state index >= 15 is 0 Å². The average molecular weight is 310 g/mol. The predicted molar refractivity (Wildman–Crippen MR) is 73.2 cm³/mol. The Labute approximate surface area is 115 Å². The summed E-state index contributed by atoms with van der Waals surface area (Å²) in [6.07, 6.45) is 2.29. The third-order valence-corrected chi connectivity index (χ3v) is 3.95. The number of fused-ring (bicyclic) bond motifs is 1. The fraction of sp³-hybridized carbons (Fsp3) is 0.500. The summed E-state index contributed by atoms with van der Waals surface area (Å²) in [7, 11) is 0. The molecule has 0 N–H and O–H groups in total. The minimum Gasteiger partial charge on any atom is -0.492 e. The second kappa shape index (κ2) is 4.92. The number of nitrogens with zero attached hydrogens (tertiary/aromatic N) is 1. The van der Waals surface area contributed by atoms with E-state index < -0.39 is 0 Å². The molecule has 0 saturated heterocycles. The maximum atomic E-state index is 12.6. The Morgan fingerprint density at radius 3 is 2.89 bits per heavy atom. The monoisotopic (exact) mass is 309 g/mol. The van der Waals surface area contributed by atoms with Gasteiger partial charge in [0.05, 0.1) is 0 Å². The van der Waals surface area contributed by atoms with E-state index in [1.165, 1.54) is 0 Å². The van der Waals surface area contributed by atoms with Crippen LogP contribution in [-0.4, -0.2) is 35.3 Å². The Morgan fingerprint density at radius 2 is 2.17 bits per heavy atom. The first-order valence-electron chi connectivity index (χ1n) is 6.39. The smallest absolute Gasteiger partial charge is 0.234 e. The Kier molecular flexibility index (Phi) is 3.29. The average Bonchev–Trinajstić information content (AvgIpc) is 3.14. The van der Waals surface area contributed by atoms with Gasteiger partial charge in [-0.15, -0.1) is 0 Å². The molecule has 1 aliphatic carbocycles. The first-order valence-corrected chi connectivity index (χ1v) is 7.51. The second-order valence-electron chi connectivity index (χ2n) is 4.85. The highest BCUT2D eigenvalue weighted by molar-refractivity contribution is 9.09. The standard InChI is InChI=1S/C14H16BrNO2/c15-7-8-16(10-5-6-10)14(17)12-9-18-13-4-2-1-3-11(12)13/h1-4,10,12H,5-9H2. The maximum absolute atomic E-state index is 12.6. The number of hydrogen-bond donors (Lipinski definition) is 0. The van der Waals surface area contributed by atoms with E-state index in [9.17, 15) is 4.79 Å². The van der Waals surface area contributed by atoms with Gasteiger partial charge in [0.1, 0.15) is 18.3 Å². The number of ether oxygens (including phenoxy) is 1. The number of carbonyl (C=O) groups excluding carboxylic acids is 1. The number of halogens is 1. The lowest BCUT2D eigenvalue weighted by atomic mass is 10.00. The second-order valence-corrected chi connectivity index (χ2v) is 5.65. The van der Waals surface area contributed by atoms with Crippen molar-refractivity contribution in [3.63, 3.8) is 0 Å². The molecule has 4 heteroatoms. The van der Waals surface area contributed by atoms with Crippen molar-refractivity contribution in [2.45, 2.75) is 24.8 Å². The molecular formula is C14H16BrNO2. The van der Waals surface area contributed by atoms with Crippen LogP contribution in [0, 0.1) is 0 Å². The lowest BCUT2D eigenvalue weighted by Gasteiger charge is -2.24. The summed E-state index contributed by atoms with van der Waals surface area (Å²) in [5.74, 6) is 0.980. The van der Waals surface area contributed by atoms with Crippen molar-refractivity contribution < 1.29 is 9.53 Å². The summed E-state index contributed by atoms with van der Waals surface area (Å²) in [6.45, 7) is 1.28. The molecule has 3 rings (SSSR count). The lowest BCUT2D eigenvalue weighted by Crippen LogP contribution is -2.38. The minimum absolute atomic E-state index is 0.110. The van der Waals surface area contributed by atoms with E-state index in [2.05, 4.69) is 15.9 Å². The fourth-order valence-electron chi connectivity index (χ4n) is 2.52. The van der Waals surface area contributed by atoms with Crippen molar-refractivity contribution in [1.82, 2.24) is 4.90 Å². The first kappa shape index (κ1) is 12.0. The highest BCUT2D eigenvalue weighted by Crippen LogP contribution is 2.37. The van der Waals surface area contributed by atoms with E-state index in [4.69, 9.17) is 4.74 Å². The Morgan fingerprint density at radius 1 is 1.39 bits per heavy atom. The number of carbonyl (C=O) groups is 1. The van der Waals surface area contributed by atoms with Crippen molar-refractivity contribution in [3.8, 4) is 5.75 Å². The van der Waals surface area contributed by atoms with Crippen molar-refractivity contribution in [2.24, 2.45) is 0 Å². The van der Waals surface area contributed by atoms with Crippen molar-refractivity contribution in [1.29, 1.82) is 0 Å². The SMILES string of the molecule is O=C(C1COc2ccccc21)N(CCBr)C1CC1. The lowest BCUT2D eigenvalue weighted by molar-refractivity contribution is -0.133. The van der Waals surface area contributed by atoms with Gasteiger partial charge in [-0.25, -0.2) is 0 Å². The zero-order chi connectivity index (χ0) is 12.5. The van der Waals surface area contributed by atoms with E-state index in [0.717, 1.165) is 36.0 Å². The number of benzene rings is 1. The summed E-state index contributed by atoms with van der Waals surface area (Å²) in [5, 5.41) is 0.838. The van der Waals surface area contributed by atoms with Crippen LogP contribution in [0.3, 0.4) is 0 Å². The summed E-state index contributed by atoms with van der Waals surface area (Å²) < 4.78 is 5.60. The molecule has 96 valence electrons. The summed E-state index contributed by atoms with van der Waals surface area (Å²) in [5.41, 5.74) is 1.04. The molecule has 0 aromatic heterocycles. The summed E-state index contributed by atoms with van der Waals surface area (Å²) in [6, 6.07) is 8.32. The van der Waals surface area contributed by atoms with Gasteiger partial charge >= 0.3 is 0 Å². The van der Waals surface area contributed by atoms with Crippen LogP contribution < -0.4 is 4.74 Å². The van der Waals surface area contributed by atoms with Crippen molar-refractivity contribution in [2.75, 3.05) is 18.5 Å². The number of para-hydroxylation sites is 1. The molecule has 1 atom stereocenters. The highest BCUT2D eigenvalue weighted by Gasteiger charge is 2.38. The molecule has 3 nitrogen and oxygen atoms in total. The van der Waals surface area contributed by atoms with Gasteiger partial charge in [-0.2, -0.15) is 0 Å². The number of alkyl halides is 1. The van der Waals surface area contributed by atoms with E-state index in [-0.39, 0.29) is 11.8 Å². The molecule has 2 aliphatic rings. The minimum atomic E-state index is -0.110. The van der Waals surface area contributed by atoms with Crippen LogP contribution in [0.25, 0.3) is 0 Å². The van der Waals surface area contributed by atoms with Crippen LogP contribution in [0.2, 0.25) is 0 Å². The molecule has 1 heterocycles. The molecule has 1 amide bonds. The normalized spacial score (nSPS) is 21.3. The third kappa shape index (κ3) is 2.14. The van der Waals surface area contributed by atoms with Crippen LogP contribution in [0.5, 0.6) is 5.75 Å². The maximum Gasteiger partial charge on any atom is 0.234 e. The fourth-order valence-corrected chi connectivity index (χ4v) is 2.90. The first-order chi connectivity index (χ1) is 8.81. The van der Waals surface area contributed by atoms with Crippen LogP contribution in [0.4, 0.5) is 0 Å². The van der Waals surface area contributed by atoms with E-state index in [1.54, 1.807) is 0 Å². The van der Waals surface area contributed by atoms with Crippen LogP contribution >= 0.6 is 15.9 Å². The molecule has 1 aliphatic heterocycles. The molecule has 1 saturated carbocycles. The van der Waals surface area contributed by atoms with Crippen LogP contribution in [0.15, 0.2) is 24.3 Å². The zero-order valence-electron chi connectivity index (χ0n) is 10.1. The molecule has 0 spiro atoms. The molecular weight excluding hydrogens is 294 g/mol. The quantitative estimate of drug-likeness (QED) is 0.800. The largest absolute Gasteiger partial charge is 0.492 e. The Bertz CT molecular complexity index is 459. The summed E-state index contributed by atoms with van der Waals surface area (Å²) in [4.78, 5) is 14.6. The zero-order valence-corrected chi connectivity index (χ0v) is 11.7. The van der Waals surface area contributed by atoms with Gasteiger partial charge in [0, 0.05) is 23.5 Å².